The van der Waals surface area contributed by atoms with Gasteiger partial charge in [0.15, 0.2) is 0 Å². The van der Waals surface area contributed by atoms with Gasteiger partial charge in [0.05, 0.1) is 19.6 Å². The van der Waals surface area contributed by atoms with Crippen LogP contribution in [0, 0.1) is 5.41 Å². The van der Waals surface area contributed by atoms with Crippen molar-refractivity contribution < 1.29 is 14.6 Å². The fourth-order valence-corrected chi connectivity index (χ4v) is 1.08. The summed E-state index contributed by atoms with van der Waals surface area (Å²) in [5.74, 6) is -0.184. The van der Waals surface area contributed by atoms with E-state index in [1.807, 2.05) is 6.92 Å². The Morgan fingerprint density at radius 3 is 2.70 bits per heavy atom. The third-order valence-electron chi connectivity index (χ3n) is 2.14. The molecule has 1 rings (SSSR count). The third kappa shape index (κ3) is 1.14. The zero-order valence-electron chi connectivity index (χ0n) is 6.09. The molecule has 0 spiro atoms. The first-order valence-electron chi connectivity index (χ1n) is 3.49. The van der Waals surface area contributed by atoms with E-state index in [1.54, 1.807) is 0 Å². The van der Waals surface area contributed by atoms with Crippen LogP contribution >= 0.6 is 0 Å². The van der Waals surface area contributed by atoms with Crippen molar-refractivity contribution in [2.24, 2.45) is 5.41 Å². The molecule has 0 aromatic carbocycles. The van der Waals surface area contributed by atoms with Gasteiger partial charge in [-0.3, -0.25) is 4.79 Å². The maximum Gasteiger partial charge on any atom is 0.306 e. The molecule has 0 radical (unpaired) electrons. The van der Waals surface area contributed by atoms with Crippen molar-refractivity contribution in [3.05, 3.63) is 0 Å². The van der Waals surface area contributed by atoms with Crippen molar-refractivity contribution in [2.45, 2.75) is 19.8 Å². The first-order valence-corrected chi connectivity index (χ1v) is 3.49. The van der Waals surface area contributed by atoms with Crippen molar-refractivity contribution in [1.29, 1.82) is 0 Å². The minimum atomic E-state index is -0.267. The maximum atomic E-state index is 10.6. The predicted molar refractivity (Wildman–Crippen MR) is 35.4 cm³/mol. The summed E-state index contributed by atoms with van der Waals surface area (Å²) in [5, 5.41) is 8.90. The molecule has 0 bridgehead atoms. The summed E-state index contributed by atoms with van der Waals surface area (Å²) in [6.45, 7) is 2.40. The monoisotopic (exact) mass is 144 g/mol. The van der Waals surface area contributed by atoms with Crippen molar-refractivity contribution in [3.8, 4) is 0 Å². The molecule has 1 fully saturated rings. The van der Waals surface area contributed by atoms with Crippen LogP contribution in [-0.2, 0) is 9.53 Å². The van der Waals surface area contributed by atoms with Crippen molar-refractivity contribution in [2.75, 3.05) is 13.2 Å². The van der Waals surface area contributed by atoms with Crippen LogP contribution in [0.2, 0.25) is 0 Å². The molecule has 58 valence electrons. The van der Waals surface area contributed by atoms with Crippen LogP contribution < -0.4 is 0 Å². The van der Waals surface area contributed by atoms with E-state index in [1.165, 1.54) is 0 Å². The van der Waals surface area contributed by atoms with Gasteiger partial charge in [-0.05, 0) is 6.42 Å². The van der Waals surface area contributed by atoms with E-state index in [-0.39, 0.29) is 18.0 Å². The Kier molecular flexibility index (Phi) is 1.94. The van der Waals surface area contributed by atoms with E-state index in [2.05, 4.69) is 0 Å². The molecule has 1 N–H and O–H groups in total. The number of cyclic esters (lactones) is 1. The number of ether oxygens (including phenoxy) is 1. The summed E-state index contributed by atoms with van der Waals surface area (Å²) in [5.41, 5.74) is -0.267. The number of hydrogen-bond donors (Lipinski definition) is 1. The van der Waals surface area contributed by atoms with E-state index in [4.69, 9.17) is 9.84 Å². The van der Waals surface area contributed by atoms with Gasteiger partial charge in [-0.1, -0.05) is 6.92 Å². The Bertz CT molecular complexity index is 138. The molecule has 1 aliphatic heterocycles. The van der Waals surface area contributed by atoms with Crippen LogP contribution in [-0.4, -0.2) is 24.3 Å². The van der Waals surface area contributed by atoms with Gasteiger partial charge in [0.1, 0.15) is 0 Å². The second-order valence-corrected chi connectivity index (χ2v) is 2.85. The topological polar surface area (TPSA) is 46.5 Å². The summed E-state index contributed by atoms with van der Waals surface area (Å²) in [7, 11) is 0. The normalized spacial score (nSPS) is 32.4. The highest BCUT2D eigenvalue weighted by molar-refractivity contribution is 5.72. The molecule has 3 nitrogen and oxygen atoms in total. The lowest BCUT2D eigenvalue weighted by atomic mass is 9.85. The van der Waals surface area contributed by atoms with Gasteiger partial charge < -0.3 is 9.84 Å². The van der Waals surface area contributed by atoms with Crippen LogP contribution in [0.25, 0.3) is 0 Å². The third-order valence-corrected chi connectivity index (χ3v) is 2.14. The Labute approximate surface area is 60.0 Å². The predicted octanol–water partition coefficient (Wildman–Crippen LogP) is 0.322. The van der Waals surface area contributed by atoms with Crippen LogP contribution in [0.15, 0.2) is 0 Å². The van der Waals surface area contributed by atoms with Gasteiger partial charge in [0.25, 0.3) is 0 Å². The second kappa shape index (κ2) is 2.58. The van der Waals surface area contributed by atoms with Crippen molar-refractivity contribution in [3.63, 3.8) is 0 Å². The number of carbonyl (C=O) groups excluding carboxylic acids is 1. The molecular formula is C7H12O3. The Balaban J connectivity index is 2.59. The molecule has 0 saturated carbocycles. The lowest BCUT2D eigenvalue weighted by Gasteiger charge is -2.19. The quantitative estimate of drug-likeness (QED) is 0.568. The molecule has 1 aliphatic rings. The molecule has 0 aliphatic carbocycles. The molecule has 1 saturated heterocycles. The van der Waals surface area contributed by atoms with E-state index in [9.17, 15) is 4.79 Å². The van der Waals surface area contributed by atoms with Crippen LogP contribution in [0.1, 0.15) is 19.8 Å². The van der Waals surface area contributed by atoms with Gasteiger partial charge >= 0.3 is 5.97 Å². The van der Waals surface area contributed by atoms with E-state index in [0.29, 0.717) is 13.0 Å². The molecule has 0 aromatic heterocycles. The SMILES string of the molecule is CCC1(CO)COC(=O)C1. The van der Waals surface area contributed by atoms with Crippen LogP contribution in [0.4, 0.5) is 0 Å². The molecule has 10 heavy (non-hydrogen) atoms. The second-order valence-electron chi connectivity index (χ2n) is 2.85. The standard InChI is InChI=1S/C7H12O3/c1-2-7(4-8)3-6(9)10-5-7/h8H,2-5H2,1H3. The summed E-state index contributed by atoms with van der Waals surface area (Å²) >= 11 is 0. The highest BCUT2D eigenvalue weighted by atomic mass is 16.5. The van der Waals surface area contributed by atoms with Gasteiger partial charge in [0, 0.05) is 5.41 Å². The average Bonchev–Trinajstić information content (AvgIpc) is 2.33. The van der Waals surface area contributed by atoms with Gasteiger partial charge in [-0.25, -0.2) is 0 Å². The largest absolute Gasteiger partial charge is 0.465 e. The summed E-state index contributed by atoms with van der Waals surface area (Å²) in [6, 6.07) is 0. The highest BCUT2D eigenvalue weighted by Crippen LogP contribution is 2.31. The van der Waals surface area contributed by atoms with Crippen LogP contribution in [0.5, 0.6) is 0 Å². The minimum Gasteiger partial charge on any atom is -0.465 e. The summed E-state index contributed by atoms with van der Waals surface area (Å²) < 4.78 is 4.75. The van der Waals surface area contributed by atoms with Crippen LogP contribution in [0.3, 0.4) is 0 Å². The first kappa shape index (κ1) is 7.54. The molecular weight excluding hydrogens is 132 g/mol. The zero-order chi connectivity index (χ0) is 7.61. The number of rotatable bonds is 2. The molecule has 0 aromatic rings. The molecule has 1 heterocycles. The lowest BCUT2D eigenvalue weighted by Crippen LogP contribution is -2.24. The van der Waals surface area contributed by atoms with E-state index in [0.717, 1.165) is 6.42 Å². The van der Waals surface area contributed by atoms with E-state index < -0.39 is 0 Å². The molecule has 1 atom stereocenters. The summed E-state index contributed by atoms with van der Waals surface area (Å²) in [6.07, 6.45) is 1.18. The fourth-order valence-electron chi connectivity index (χ4n) is 1.08. The maximum absolute atomic E-state index is 10.6. The Morgan fingerprint density at radius 1 is 1.80 bits per heavy atom. The smallest absolute Gasteiger partial charge is 0.306 e. The summed E-state index contributed by atoms with van der Waals surface area (Å²) in [4.78, 5) is 10.6. The lowest BCUT2D eigenvalue weighted by molar-refractivity contribution is -0.137. The number of carbonyl (C=O) groups is 1. The molecule has 3 heteroatoms. The minimum absolute atomic E-state index is 0.0508. The van der Waals surface area contributed by atoms with Crippen molar-refractivity contribution >= 4 is 5.97 Å². The molecule has 0 amide bonds. The fraction of sp³-hybridized carbons (Fsp3) is 0.857. The van der Waals surface area contributed by atoms with Gasteiger partial charge in [0.2, 0.25) is 0 Å². The molecule has 1 unspecified atom stereocenters. The Morgan fingerprint density at radius 2 is 2.50 bits per heavy atom. The number of aliphatic hydroxyl groups excluding tert-OH is 1. The number of hydrogen-bond acceptors (Lipinski definition) is 3. The number of esters is 1. The highest BCUT2D eigenvalue weighted by Gasteiger charge is 2.38. The zero-order valence-corrected chi connectivity index (χ0v) is 6.09. The Hall–Kier alpha value is -0.570. The van der Waals surface area contributed by atoms with Gasteiger partial charge in [-0.2, -0.15) is 0 Å². The van der Waals surface area contributed by atoms with Crippen molar-refractivity contribution in [1.82, 2.24) is 0 Å². The van der Waals surface area contributed by atoms with Gasteiger partial charge in [-0.15, -0.1) is 0 Å². The number of aliphatic hydroxyl groups is 1. The van der Waals surface area contributed by atoms with E-state index >= 15 is 0 Å². The average molecular weight is 144 g/mol. The first-order chi connectivity index (χ1) is 4.72.